The van der Waals surface area contributed by atoms with Gasteiger partial charge in [0, 0.05) is 12.6 Å². The van der Waals surface area contributed by atoms with Gasteiger partial charge in [-0.2, -0.15) is 26.3 Å². The van der Waals surface area contributed by atoms with Gasteiger partial charge in [-0.15, -0.1) is 0 Å². The summed E-state index contributed by atoms with van der Waals surface area (Å²) in [5.41, 5.74) is -1.94. The van der Waals surface area contributed by atoms with E-state index in [9.17, 15) is 31.1 Å². The zero-order chi connectivity index (χ0) is 29.1. The number of hydrogen-bond acceptors (Lipinski definition) is 2. The lowest BCUT2D eigenvalue weighted by Gasteiger charge is -2.44. The Morgan fingerprint density at radius 1 is 0.875 bits per heavy atom. The highest BCUT2D eigenvalue weighted by Gasteiger charge is 2.41. The summed E-state index contributed by atoms with van der Waals surface area (Å²) in [4.78, 5) is 15.8. The number of alkyl halides is 6. The molecule has 9 heteroatoms. The van der Waals surface area contributed by atoms with Gasteiger partial charge in [0.1, 0.15) is 0 Å². The molecule has 1 N–H and O–H groups in total. The standard InChI is InChI=1S/C31H32F6N2O/c1-21(23-17-25(30(32,33)34)19-26(18-23)31(35,36)37)28(40)38-29(24-11-7-4-8-12-24)15-13-27(14-16-29)39(2)20-22-9-5-3-6-10-22/h3-12,17-19,21,27H,13-16,20H2,1-2H3,(H,38,40). The van der Waals surface area contributed by atoms with E-state index in [0.717, 1.165) is 24.9 Å². The van der Waals surface area contributed by atoms with Crippen LogP contribution >= 0.6 is 0 Å². The van der Waals surface area contributed by atoms with E-state index in [1.165, 1.54) is 12.5 Å². The van der Waals surface area contributed by atoms with E-state index in [1.807, 2.05) is 48.5 Å². The molecule has 3 aromatic rings. The van der Waals surface area contributed by atoms with Gasteiger partial charge in [-0.1, -0.05) is 60.7 Å². The lowest BCUT2D eigenvalue weighted by Crippen LogP contribution is -2.51. The minimum absolute atomic E-state index is 0.0762. The van der Waals surface area contributed by atoms with Crippen molar-refractivity contribution >= 4 is 5.91 Å². The molecule has 3 nitrogen and oxygen atoms in total. The third-order valence-electron chi connectivity index (χ3n) is 7.90. The average Bonchev–Trinajstić information content (AvgIpc) is 2.92. The number of rotatable bonds is 7. The number of nitrogens with zero attached hydrogens (tertiary/aromatic N) is 1. The summed E-state index contributed by atoms with van der Waals surface area (Å²) in [7, 11) is 2.06. The molecule has 0 aromatic heterocycles. The van der Waals surface area contributed by atoms with Crippen molar-refractivity contribution in [2.45, 2.75) is 69.0 Å². The molecule has 3 aromatic carbocycles. The first-order chi connectivity index (χ1) is 18.8. The van der Waals surface area contributed by atoms with Crippen molar-refractivity contribution in [3.05, 3.63) is 107 Å². The fourth-order valence-corrected chi connectivity index (χ4v) is 5.50. The van der Waals surface area contributed by atoms with Crippen molar-refractivity contribution in [1.29, 1.82) is 0 Å². The average molecular weight is 563 g/mol. The van der Waals surface area contributed by atoms with Crippen LogP contribution in [0.2, 0.25) is 0 Å². The summed E-state index contributed by atoms with van der Waals surface area (Å²) in [6.07, 6.45) is -7.29. The molecule has 1 atom stereocenters. The second-order valence-corrected chi connectivity index (χ2v) is 10.6. The quantitative estimate of drug-likeness (QED) is 0.297. The highest BCUT2D eigenvalue weighted by atomic mass is 19.4. The van der Waals surface area contributed by atoms with Crippen LogP contribution in [0.4, 0.5) is 26.3 Å². The molecule has 1 amide bonds. The van der Waals surface area contributed by atoms with E-state index >= 15 is 0 Å². The minimum atomic E-state index is -4.98. The van der Waals surface area contributed by atoms with Crippen LogP contribution < -0.4 is 5.32 Å². The van der Waals surface area contributed by atoms with Crippen LogP contribution in [0.15, 0.2) is 78.9 Å². The Morgan fingerprint density at radius 2 is 1.38 bits per heavy atom. The molecule has 0 bridgehead atoms. The molecule has 0 spiro atoms. The van der Waals surface area contributed by atoms with Crippen LogP contribution in [0.25, 0.3) is 0 Å². The number of carbonyl (C=O) groups is 1. The number of amides is 1. The third-order valence-corrected chi connectivity index (χ3v) is 7.90. The van der Waals surface area contributed by atoms with E-state index in [4.69, 9.17) is 0 Å². The van der Waals surface area contributed by atoms with Gasteiger partial charge < -0.3 is 5.32 Å². The maximum Gasteiger partial charge on any atom is 0.416 e. The second-order valence-electron chi connectivity index (χ2n) is 10.6. The summed E-state index contributed by atoms with van der Waals surface area (Å²) in [6, 6.07) is 21.0. The fourth-order valence-electron chi connectivity index (χ4n) is 5.50. The van der Waals surface area contributed by atoms with Crippen molar-refractivity contribution in [3.8, 4) is 0 Å². The maximum atomic E-state index is 13.5. The molecule has 0 radical (unpaired) electrons. The number of halogens is 6. The van der Waals surface area contributed by atoms with E-state index in [-0.39, 0.29) is 17.7 Å². The molecule has 214 valence electrons. The molecule has 1 aliphatic rings. The number of benzene rings is 3. The van der Waals surface area contributed by atoms with Crippen molar-refractivity contribution in [3.63, 3.8) is 0 Å². The summed E-state index contributed by atoms with van der Waals surface area (Å²) < 4.78 is 80.5. The van der Waals surface area contributed by atoms with Crippen molar-refractivity contribution in [2.24, 2.45) is 0 Å². The fraction of sp³-hybridized carbons (Fsp3) is 0.387. The van der Waals surface area contributed by atoms with Gasteiger partial charge in [0.05, 0.1) is 22.6 Å². The molecule has 40 heavy (non-hydrogen) atoms. The smallest absolute Gasteiger partial charge is 0.346 e. The van der Waals surface area contributed by atoms with Gasteiger partial charge in [0.15, 0.2) is 0 Å². The number of carbonyl (C=O) groups excluding carboxylic acids is 1. The Labute approximate surface area is 230 Å². The van der Waals surface area contributed by atoms with E-state index in [0.29, 0.717) is 25.0 Å². The third kappa shape index (κ3) is 6.86. The highest BCUT2D eigenvalue weighted by molar-refractivity contribution is 5.84. The topological polar surface area (TPSA) is 32.3 Å². The summed E-state index contributed by atoms with van der Waals surface area (Å²) in [5, 5.41) is 3.05. The molecule has 1 unspecified atom stereocenters. The first-order valence-corrected chi connectivity index (χ1v) is 13.2. The van der Waals surface area contributed by atoms with Crippen molar-refractivity contribution in [1.82, 2.24) is 10.2 Å². The van der Waals surface area contributed by atoms with Gasteiger partial charge in [-0.3, -0.25) is 9.69 Å². The van der Waals surface area contributed by atoms with E-state index in [2.05, 4.69) is 29.4 Å². The van der Waals surface area contributed by atoms with E-state index < -0.39 is 40.8 Å². The largest absolute Gasteiger partial charge is 0.416 e. The van der Waals surface area contributed by atoms with Gasteiger partial charge in [-0.05, 0) is 74.5 Å². The molecule has 1 fully saturated rings. The molecular formula is C31H32F6N2O. The molecule has 0 aliphatic heterocycles. The predicted molar refractivity (Wildman–Crippen MR) is 141 cm³/mol. The lowest BCUT2D eigenvalue weighted by atomic mass is 9.74. The van der Waals surface area contributed by atoms with Crippen LogP contribution in [-0.4, -0.2) is 23.9 Å². The number of hydrogen-bond donors (Lipinski definition) is 1. The van der Waals surface area contributed by atoms with Crippen LogP contribution in [0.3, 0.4) is 0 Å². The Kier molecular flexibility index (Phi) is 8.63. The van der Waals surface area contributed by atoms with Crippen molar-refractivity contribution < 1.29 is 31.1 Å². The van der Waals surface area contributed by atoms with Gasteiger partial charge in [-0.25, -0.2) is 0 Å². The van der Waals surface area contributed by atoms with Crippen LogP contribution in [-0.2, 0) is 29.2 Å². The normalized spacial score (nSPS) is 20.8. The minimum Gasteiger partial charge on any atom is -0.346 e. The van der Waals surface area contributed by atoms with Crippen LogP contribution in [0.1, 0.15) is 66.3 Å². The van der Waals surface area contributed by atoms with Gasteiger partial charge in [0.2, 0.25) is 5.91 Å². The van der Waals surface area contributed by atoms with Crippen LogP contribution in [0.5, 0.6) is 0 Å². The SMILES string of the molecule is CC(C(=O)NC1(c2ccccc2)CCC(N(C)Cc2ccccc2)CC1)c1cc(C(F)(F)F)cc(C(F)(F)F)c1. The zero-order valence-electron chi connectivity index (χ0n) is 22.3. The predicted octanol–water partition coefficient (Wildman–Crippen LogP) is 7.91. The highest BCUT2D eigenvalue weighted by Crippen LogP contribution is 2.41. The summed E-state index contributed by atoms with van der Waals surface area (Å²) >= 11 is 0. The first kappa shape index (κ1) is 29.6. The van der Waals surface area contributed by atoms with Crippen molar-refractivity contribution in [2.75, 3.05) is 7.05 Å². The molecule has 0 heterocycles. The van der Waals surface area contributed by atoms with E-state index in [1.54, 1.807) is 0 Å². The number of nitrogens with one attached hydrogen (secondary N) is 1. The maximum absolute atomic E-state index is 13.5. The van der Waals surface area contributed by atoms with Crippen LogP contribution in [0, 0.1) is 0 Å². The zero-order valence-corrected chi connectivity index (χ0v) is 22.3. The summed E-state index contributed by atoms with van der Waals surface area (Å²) in [5.74, 6) is -1.85. The van der Waals surface area contributed by atoms with Gasteiger partial charge >= 0.3 is 12.4 Å². The second kappa shape index (κ2) is 11.6. The molecule has 4 rings (SSSR count). The van der Waals surface area contributed by atoms with Gasteiger partial charge in [0.25, 0.3) is 0 Å². The first-order valence-electron chi connectivity index (χ1n) is 13.2. The molecule has 1 aliphatic carbocycles. The molecule has 0 saturated heterocycles. The monoisotopic (exact) mass is 562 g/mol. The summed E-state index contributed by atoms with van der Waals surface area (Å²) in [6.45, 7) is 2.10. The Hall–Kier alpha value is -3.33. The Morgan fingerprint density at radius 3 is 1.88 bits per heavy atom. The Balaban J connectivity index is 1.56. The lowest BCUT2D eigenvalue weighted by molar-refractivity contribution is -0.143. The molecular weight excluding hydrogens is 530 g/mol. The Bertz CT molecular complexity index is 1250. The molecule has 1 saturated carbocycles.